The molecule has 104 valence electrons. The van der Waals surface area contributed by atoms with Gasteiger partial charge in [-0.25, -0.2) is 4.57 Å². The monoisotopic (exact) mass is 314 g/mol. The summed E-state index contributed by atoms with van der Waals surface area (Å²) in [5.41, 5.74) is 1.33. The summed E-state index contributed by atoms with van der Waals surface area (Å²) in [6, 6.07) is 4.46. The highest BCUT2D eigenvalue weighted by molar-refractivity contribution is 5.43. The van der Waals surface area contributed by atoms with Crippen LogP contribution in [0, 0.1) is 0 Å². The maximum absolute atomic E-state index is 2.38. The number of anilines is 1. The van der Waals surface area contributed by atoms with E-state index in [4.69, 9.17) is 0 Å². The molecule has 0 N–H and O–H groups in total. The van der Waals surface area contributed by atoms with Crippen LogP contribution in [0.1, 0.15) is 46.5 Å². The Bertz CT molecular complexity index is 294. The lowest BCUT2D eigenvalue weighted by atomic mass is 10.2. The summed E-state index contributed by atoms with van der Waals surface area (Å²) in [6.07, 6.45) is 9.73. The van der Waals surface area contributed by atoms with Crippen LogP contribution in [0.2, 0.25) is 0 Å². The van der Waals surface area contributed by atoms with Crippen LogP contribution in [0.25, 0.3) is 0 Å². The van der Waals surface area contributed by atoms with Crippen LogP contribution < -0.4 is 26.4 Å². The lowest BCUT2D eigenvalue weighted by Gasteiger charge is -2.19. The highest BCUT2D eigenvalue weighted by Crippen LogP contribution is 2.10. The number of hydrogen-bond donors (Lipinski definition) is 0. The molecule has 0 aliphatic carbocycles. The number of rotatable bonds is 8. The Morgan fingerprint density at radius 1 is 0.944 bits per heavy atom. The molecule has 2 nitrogen and oxygen atoms in total. The largest absolute Gasteiger partial charge is 1.00 e. The molecule has 0 saturated carbocycles. The van der Waals surface area contributed by atoms with Gasteiger partial charge in [-0.2, -0.15) is 0 Å². The first-order chi connectivity index (χ1) is 8.31. The lowest BCUT2D eigenvalue weighted by molar-refractivity contribution is -0.697. The first kappa shape index (κ1) is 17.4. The Morgan fingerprint density at radius 2 is 1.56 bits per heavy atom. The Kier molecular flexibility index (Phi) is 10.0. The minimum atomic E-state index is 0. The van der Waals surface area contributed by atoms with Gasteiger partial charge in [0.1, 0.15) is 6.54 Å². The van der Waals surface area contributed by atoms with E-state index in [1.807, 2.05) is 0 Å². The molecule has 0 aromatic carbocycles. The molecule has 0 saturated heterocycles. The van der Waals surface area contributed by atoms with Crippen molar-refractivity contribution in [2.75, 3.05) is 18.0 Å². The summed E-state index contributed by atoms with van der Waals surface area (Å²) in [6.45, 7) is 9.98. The van der Waals surface area contributed by atoms with Gasteiger partial charge in [0, 0.05) is 37.3 Å². The predicted octanol–water partition coefficient (Wildman–Crippen LogP) is 0.405. The van der Waals surface area contributed by atoms with E-state index in [-0.39, 0.29) is 17.0 Å². The van der Waals surface area contributed by atoms with Crippen molar-refractivity contribution in [2.24, 2.45) is 0 Å². The smallest absolute Gasteiger partial charge is 0.170 e. The fourth-order valence-electron chi connectivity index (χ4n) is 2.12. The summed E-state index contributed by atoms with van der Waals surface area (Å²) in [4.78, 5) is 2.38. The quantitative estimate of drug-likeness (QED) is 0.498. The van der Waals surface area contributed by atoms with Gasteiger partial charge in [-0.15, -0.1) is 0 Å². The number of pyridine rings is 1. The Morgan fingerprint density at radius 3 is 2.06 bits per heavy atom. The van der Waals surface area contributed by atoms with E-state index in [2.05, 4.69) is 54.8 Å². The summed E-state index contributed by atoms with van der Waals surface area (Å²) >= 11 is 0. The van der Waals surface area contributed by atoms with Crippen LogP contribution in [-0.4, -0.2) is 13.1 Å². The molecule has 1 rings (SSSR count). The number of nitrogens with zero attached hydrogens (tertiary/aromatic N) is 2. The first-order valence-corrected chi connectivity index (χ1v) is 7.05. The normalized spacial score (nSPS) is 9.94. The minimum absolute atomic E-state index is 0. The summed E-state index contributed by atoms with van der Waals surface area (Å²) in [7, 11) is 0. The maximum Gasteiger partial charge on any atom is 0.170 e. The number of aryl methyl sites for hydroxylation is 1. The Hall–Kier alpha value is -0.570. The summed E-state index contributed by atoms with van der Waals surface area (Å²) < 4.78 is 2.29. The highest BCUT2D eigenvalue weighted by Gasteiger charge is 2.04. The minimum Gasteiger partial charge on any atom is -1.00 e. The number of hydrogen-bond acceptors (Lipinski definition) is 1. The van der Waals surface area contributed by atoms with Gasteiger partial charge < -0.3 is 21.9 Å². The van der Waals surface area contributed by atoms with Gasteiger partial charge in [-0.05, 0) is 20.3 Å². The molecule has 1 aromatic heterocycles. The number of aromatic nitrogens is 1. The van der Waals surface area contributed by atoms with Crippen LogP contribution >= 0.6 is 0 Å². The number of unbranched alkanes of at least 4 members (excludes halogenated alkanes) is 3. The SMILES string of the molecule is CCCCCC[n+]1ccc(N(CC)CC)cc1.[Br-]. The van der Waals surface area contributed by atoms with Gasteiger partial charge >= 0.3 is 0 Å². The molecule has 0 aliphatic heterocycles. The standard InChI is InChI=1S/C15H27N2.BrH/c1-4-7-8-9-12-16-13-10-15(11-14-16)17(5-2)6-3;/h10-11,13-14H,4-9,12H2,1-3H3;1H/q+1;/p-1. The van der Waals surface area contributed by atoms with E-state index in [1.165, 1.54) is 31.4 Å². The molecule has 3 heteroatoms. The molecule has 1 heterocycles. The second-order valence-electron chi connectivity index (χ2n) is 4.53. The van der Waals surface area contributed by atoms with Crippen molar-refractivity contribution in [3.63, 3.8) is 0 Å². The third-order valence-electron chi connectivity index (χ3n) is 3.27. The van der Waals surface area contributed by atoms with E-state index in [1.54, 1.807) is 0 Å². The van der Waals surface area contributed by atoms with Crippen molar-refractivity contribution in [1.82, 2.24) is 0 Å². The Balaban J connectivity index is 0.00000289. The molecule has 1 aromatic rings. The predicted molar refractivity (Wildman–Crippen MR) is 74.3 cm³/mol. The average Bonchev–Trinajstić information content (AvgIpc) is 2.38. The zero-order valence-electron chi connectivity index (χ0n) is 12.0. The second kappa shape index (κ2) is 10.4. The van der Waals surface area contributed by atoms with Gasteiger partial charge in [0.05, 0.1) is 0 Å². The molecular formula is C15H27BrN2. The van der Waals surface area contributed by atoms with E-state index in [0.717, 1.165) is 19.6 Å². The van der Waals surface area contributed by atoms with Gasteiger partial charge in [-0.3, -0.25) is 0 Å². The molecule has 0 bridgehead atoms. The summed E-state index contributed by atoms with van der Waals surface area (Å²) in [5.74, 6) is 0. The van der Waals surface area contributed by atoms with E-state index in [9.17, 15) is 0 Å². The van der Waals surface area contributed by atoms with Crippen molar-refractivity contribution in [2.45, 2.75) is 53.0 Å². The average molecular weight is 315 g/mol. The van der Waals surface area contributed by atoms with E-state index < -0.39 is 0 Å². The fourth-order valence-corrected chi connectivity index (χ4v) is 2.12. The van der Waals surface area contributed by atoms with Crippen molar-refractivity contribution in [1.29, 1.82) is 0 Å². The molecule has 0 radical (unpaired) electrons. The fraction of sp³-hybridized carbons (Fsp3) is 0.667. The van der Waals surface area contributed by atoms with E-state index in [0.29, 0.717) is 0 Å². The van der Waals surface area contributed by atoms with Gasteiger partial charge in [0.25, 0.3) is 0 Å². The topological polar surface area (TPSA) is 7.12 Å². The van der Waals surface area contributed by atoms with Gasteiger partial charge in [0.2, 0.25) is 0 Å². The van der Waals surface area contributed by atoms with Crippen LogP contribution in [-0.2, 0) is 6.54 Å². The van der Waals surface area contributed by atoms with Crippen molar-refractivity contribution < 1.29 is 21.5 Å². The first-order valence-electron chi connectivity index (χ1n) is 7.05. The van der Waals surface area contributed by atoms with E-state index >= 15 is 0 Å². The van der Waals surface area contributed by atoms with Crippen molar-refractivity contribution in [3.8, 4) is 0 Å². The highest BCUT2D eigenvalue weighted by atomic mass is 79.9. The molecule has 0 spiro atoms. The molecule has 18 heavy (non-hydrogen) atoms. The summed E-state index contributed by atoms with van der Waals surface area (Å²) in [5, 5.41) is 0. The zero-order chi connectivity index (χ0) is 12.5. The molecular weight excluding hydrogens is 288 g/mol. The van der Waals surface area contributed by atoms with Crippen molar-refractivity contribution in [3.05, 3.63) is 24.5 Å². The zero-order valence-corrected chi connectivity index (χ0v) is 13.6. The number of halogens is 1. The molecule has 0 atom stereocenters. The van der Waals surface area contributed by atoms with Crippen LogP contribution in [0.5, 0.6) is 0 Å². The molecule has 0 fully saturated rings. The van der Waals surface area contributed by atoms with Crippen LogP contribution in [0.4, 0.5) is 5.69 Å². The second-order valence-corrected chi connectivity index (χ2v) is 4.53. The van der Waals surface area contributed by atoms with Crippen LogP contribution in [0.15, 0.2) is 24.5 Å². The van der Waals surface area contributed by atoms with Gasteiger partial charge in [-0.1, -0.05) is 19.8 Å². The van der Waals surface area contributed by atoms with Crippen molar-refractivity contribution >= 4 is 5.69 Å². The molecule has 0 amide bonds. The molecule has 0 unspecified atom stereocenters. The van der Waals surface area contributed by atoms with Gasteiger partial charge in [0.15, 0.2) is 12.4 Å². The maximum atomic E-state index is 2.38. The van der Waals surface area contributed by atoms with Crippen LogP contribution in [0.3, 0.4) is 0 Å². The molecule has 0 aliphatic rings. The third-order valence-corrected chi connectivity index (χ3v) is 3.27. The third kappa shape index (κ3) is 5.85. The lowest BCUT2D eigenvalue weighted by Crippen LogP contribution is -3.00. The Labute approximate surface area is 123 Å².